The van der Waals surface area contributed by atoms with Crippen LogP contribution in [0.5, 0.6) is 0 Å². The van der Waals surface area contributed by atoms with Gasteiger partial charge in [0.2, 0.25) is 0 Å². The first kappa shape index (κ1) is 8.87. The lowest BCUT2D eigenvalue weighted by Crippen LogP contribution is -1.88. The number of aromatic amines is 1. The molecule has 3 nitrogen and oxygen atoms in total. The molecule has 60 valence electrons. The monoisotopic (exact) mass is 281 g/mol. The number of rotatable bonds is 1. The van der Waals surface area contributed by atoms with Crippen LogP contribution >= 0.6 is 28.4 Å². The van der Waals surface area contributed by atoms with Crippen molar-refractivity contribution < 1.29 is 0 Å². The van der Waals surface area contributed by atoms with Crippen LogP contribution in [0.25, 0.3) is 0 Å². The zero-order valence-electron chi connectivity index (χ0n) is 6.26. The molecular weight excluding hydrogens is 273 g/mol. The molecule has 0 saturated heterocycles. The molecule has 1 aromatic rings. The summed E-state index contributed by atoms with van der Waals surface area (Å²) in [5.41, 5.74) is 0.539. The maximum absolute atomic E-state index is 8.50. The van der Waals surface area contributed by atoms with Gasteiger partial charge < -0.3 is 4.98 Å². The van der Waals surface area contributed by atoms with Crippen molar-refractivity contribution >= 4 is 28.4 Å². The second-order valence-corrected chi connectivity index (χ2v) is 11.8. The molecule has 0 atom stereocenters. The molecule has 0 aromatic carbocycles. The largest absolute Gasteiger partial charge is 0.325 e. The molecule has 0 spiro atoms. The van der Waals surface area contributed by atoms with Crippen LogP contribution in [-0.2, 0) is 0 Å². The molecule has 0 amide bonds. The lowest BCUT2D eigenvalue weighted by molar-refractivity contribution is 1.05. The van der Waals surface area contributed by atoms with Gasteiger partial charge in [-0.1, -0.05) is 0 Å². The minimum Gasteiger partial charge on any atom is -0.325 e. The molecule has 1 N–H and O–H groups in total. The third-order valence-corrected chi connectivity index (χ3v) is 3.51. The number of H-pyrrole nitrogens is 1. The van der Waals surface area contributed by atoms with Gasteiger partial charge in [0.15, 0.2) is 5.16 Å². The van der Waals surface area contributed by atoms with Crippen LogP contribution in [-0.4, -0.2) is 22.5 Å². The summed E-state index contributed by atoms with van der Waals surface area (Å²) in [7, 11) is -0.840. The van der Waals surface area contributed by atoms with Gasteiger partial charge >= 0.3 is 0 Å². The maximum atomic E-state index is 8.50. The van der Waals surface area contributed by atoms with E-state index < -0.39 is 7.20 Å². The Hall–Kier alpha value is -0.220. The van der Waals surface area contributed by atoms with Gasteiger partial charge in [0, 0.05) is 0 Å². The molecule has 0 aliphatic carbocycles. The average Bonchev–Trinajstić information content (AvgIpc) is 2.32. The van der Waals surface area contributed by atoms with Crippen LogP contribution in [0.4, 0.5) is 0 Å². The molecule has 0 bridgehead atoms. The molecule has 0 aliphatic heterocycles. The highest BCUT2D eigenvalue weighted by atomic mass is 127. The molecule has 5 heteroatoms. The number of halogens is 1. The zero-order valence-corrected chi connectivity index (χ0v) is 9.23. The van der Waals surface area contributed by atoms with Gasteiger partial charge in [-0.3, -0.25) is 0 Å². The maximum Gasteiger partial charge on any atom is 0.156 e. The fraction of sp³-hybridized carbons (Fsp3) is 0.333. The van der Waals surface area contributed by atoms with Gasteiger partial charge in [0.25, 0.3) is 0 Å². The molecular formula is C6H8IN3S. The van der Waals surface area contributed by atoms with E-state index in [9.17, 15) is 0 Å². The van der Waals surface area contributed by atoms with Crippen LogP contribution in [0.1, 0.15) is 5.69 Å². The Morgan fingerprint density at radius 1 is 1.73 bits per heavy atom. The van der Waals surface area contributed by atoms with Crippen molar-refractivity contribution in [3.63, 3.8) is 0 Å². The first-order valence-corrected chi connectivity index (χ1v) is 7.91. The van der Waals surface area contributed by atoms with Crippen LogP contribution in [0.15, 0.2) is 11.4 Å². The summed E-state index contributed by atoms with van der Waals surface area (Å²) >= 11 is 2.35. The number of hydrogen-bond acceptors (Lipinski definition) is 2. The Bertz CT molecular complexity index is 294. The van der Waals surface area contributed by atoms with Gasteiger partial charge in [-0.05, 0) is 33.7 Å². The fourth-order valence-corrected chi connectivity index (χ4v) is 1.93. The normalized spacial score (nSPS) is 12.5. The Morgan fingerprint density at radius 2 is 2.36 bits per heavy atom. The lowest BCUT2D eigenvalue weighted by Gasteiger charge is -2.18. The Morgan fingerprint density at radius 3 is 2.64 bits per heavy atom. The van der Waals surface area contributed by atoms with Gasteiger partial charge in [0.1, 0.15) is 11.8 Å². The Kier molecular flexibility index (Phi) is 2.44. The van der Waals surface area contributed by atoms with Gasteiger partial charge in [-0.2, -0.15) is 5.26 Å². The van der Waals surface area contributed by atoms with Crippen molar-refractivity contribution in [2.24, 2.45) is 0 Å². The van der Waals surface area contributed by atoms with Crippen LogP contribution < -0.4 is 0 Å². The van der Waals surface area contributed by atoms with E-state index in [-0.39, 0.29) is 0 Å². The SMILES string of the molecule is CS(C)(I)c1ncc(C#N)[nH]1. The fourth-order valence-electron chi connectivity index (χ4n) is 0.606. The molecule has 1 rings (SSSR count). The van der Waals surface area contributed by atoms with Gasteiger partial charge in [-0.15, -0.1) is 7.20 Å². The summed E-state index contributed by atoms with van der Waals surface area (Å²) in [6.07, 6.45) is 5.81. The number of aromatic nitrogens is 2. The van der Waals surface area contributed by atoms with Gasteiger partial charge in [-0.25, -0.2) is 4.98 Å². The standard InChI is InChI=1S/C6H8IN3S/c1-11(2,7)6-9-4-5(3-8)10-6/h4H,1-2H3,(H,9,10). The van der Waals surface area contributed by atoms with Gasteiger partial charge in [0.05, 0.1) is 6.20 Å². The number of nitrogens with one attached hydrogen (secondary N) is 1. The topological polar surface area (TPSA) is 52.5 Å². The van der Waals surface area contributed by atoms with Crippen molar-refractivity contribution in [2.75, 3.05) is 12.5 Å². The summed E-state index contributed by atoms with van der Waals surface area (Å²) in [6.45, 7) is 0. The number of nitrogens with zero attached hydrogens (tertiary/aromatic N) is 2. The molecule has 0 aliphatic rings. The third kappa shape index (κ3) is 2.10. The van der Waals surface area contributed by atoms with Crippen molar-refractivity contribution in [1.29, 1.82) is 5.26 Å². The molecule has 0 saturated carbocycles. The summed E-state index contributed by atoms with van der Waals surface area (Å²) in [5, 5.41) is 9.43. The van der Waals surface area contributed by atoms with Crippen molar-refractivity contribution in [2.45, 2.75) is 5.16 Å². The first-order valence-electron chi connectivity index (χ1n) is 2.92. The highest BCUT2D eigenvalue weighted by Gasteiger charge is 2.13. The quantitative estimate of drug-likeness (QED) is 0.801. The first-order chi connectivity index (χ1) is 5.04. The zero-order chi connectivity index (χ0) is 8.48. The smallest absolute Gasteiger partial charge is 0.156 e. The minimum atomic E-state index is -0.840. The van der Waals surface area contributed by atoms with Crippen LogP contribution in [0, 0.1) is 11.3 Å². The number of nitriles is 1. The average molecular weight is 281 g/mol. The van der Waals surface area contributed by atoms with E-state index in [0.717, 1.165) is 5.16 Å². The predicted octanol–water partition coefficient (Wildman–Crippen LogP) is 2.05. The number of hydrogen-bond donors (Lipinski definition) is 1. The molecule has 0 unspecified atom stereocenters. The molecule has 0 fully saturated rings. The molecule has 0 radical (unpaired) electrons. The molecule has 1 heterocycles. The van der Waals surface area contributed by atoms with E-state index in [1.54, 1.807) is 6.20 Å². The Balaban J connectivity index is 3.01. The highest BCUT2D eigenvalue weighted by Crippen LogP contribution is 2.54. The number of imidazole rings is 1. The summed E-state index contributed by atoms with van der Waals surface area (Å²) in [6, 6.07) is 2.01. The van der Waals surface area contributed by atoms with E-state index in [4.69, 9.17) is 5.26 Å². The second-order valence-electron chi connectivity index (χ2n) is 2.42. The van der Waals surface area contributed by atoms with E-state index >= 15 is 0 Å². The van der Waals surface area contributed by atoms with E-state index in [0.29, 0.717) is 5.69 Å². The van der Waals surface area contributed by atoms with E-state index in [1.807, 2.05) is 6.07 Å². The van der Waals surface area contributed by atoms with Crippen molar-refractivity contribution in [1.82, 2.24) is 9.97 Å². The van der Waals surface area contributed by atoms with E-state index in [1.165, 1.54) is 0 Å². The summed E-state index contributed by atoms with van der Waals surface area (Å²) in [5.74, 6) is 0. The van der Waals surface area contributed by atoms with Crippen LogP contribution in [0.3, 0.4) is 0 Å². The predicted molar refractivity (Wildman–Crippen MR) is 55.0 cm³/mol. The summed E-state index contributed by atoms with van der Waals surface area (Å²) in [4.78, 5) is 7.07. The van der Waals surface area contributed by atoms with Crippen molar-refractivity contribution in [3.8, 4) is 6.07 Å². The Labute approximate surface area is 79.1 Å². The van der Waals surface area contributed by atoms with Crippen molar-refractivity contribution in [3.05, 3.63) is 11.9 Å². The highest BCUT2D eigenvalue weighted by molar-refractivity contribution is 14.2. The lowest BCUT2D eigenvalue weighted by atomic mass is 10.6. The second kappa shape index (κ2) is 3.03. The molecule has 1 aromatic heterocycles. The van der Waals surface area contributed by atoms with Crippen LogP contribution in [0.2, 0.25) is 0 Å². The third-order valence-electron chi connectivity index (χ3n) is 1.13. The molecule has 11 heavy (non-hydrogen) atoms. The summed E-state index contributed by atoms with van der Waals surface area (Å²) < 4.78 is 0. The van der Waals surface area contributed by atoms with E-state index in [2.05, 4.69) is 43.7 Å². The minimum absolute atomic E-state index is 0.539.